The summed E-state index contributed by atoms with van der Waals surface area (Å²) in [5, 5.41) is 4.46. The first-order valence-corrected chi connectivity index (χ1v) is 6.43. The molecule has 0 saturated heterocycles. The topological polar surface area (TPSA) is 38.0 Å². The van der Waals surface area contributed by atoms with Crippen LogP contribution in [0.3, 0.4) is 0 Å². The zero-order chi connectivity index (χ0) is 13.0. The molecule has 0 radical (unpaired) electrons. The van der Waals surface area contributed by atoms with Crippen molar-refractivity contribution in [3.05, 3.63) is 64.1 Å². The molecule has 1 unspecified atom stereocenters. The third-order valence-corrected chi connectivity index (χ3v) is 3.44. The third-order valence-electron chi connectivity index (χ3n) is 2.70. The van der Waals surface area contributed by atoms with Crippen molar-refractivity contribution in [2.75, 3.05) is 11.9 Å². The van der Waals surface area contributed by atoms with Crippen LogP contribution in [-0.4, -0.2) is 6.54 Å². The van der Waals surface area contributed by atoms with Gasteiger partial charge in [0, 0.05) is 12.2 Å². The predicted octanol–water partition coefficient (Wildman–Crippen LogP) is 4.11. The number of rotatable bonds is 4. The molecule has 0 saturated carbocycles. The van der Waals surface area contributed by atoms with E-state index in [1.165, 1.54) is 0 Å². The summed E-state index contributed by atoms with van der Waals surface area (Å²) in [6, 6.07) is 15.5. The number of benzene rings is 2. The van der Waals surface area contributed by atoms with Crippen LogP contribution in [-0.2, 0) is 0 Å². The average Bonchev–Trinajstić information content (AvgIpc) is 2.40. The van der Waals surface area contributed by atoms with Gasteiger partial charge < -0.3 is 11.1 Å². The van der Waals surface area contributed by atoms with E-state index in [1.54, 1.807) is 6.07 Å². The Hall–Kier alpha value is -1.22. The van der Waals surface area contributed by atoms with Gasteiger partial charge >= 0.3 is 0 Å². The molecule has 0 amide bonds. The first-order chi connectivity index (χ1) is 8.70. The number of hydrogen-bond acceptors (Lipinski definition) is 2. The summed E-state index contributed by atoms with van der Waals surface area (Å²) in [7, 11) is 0. The smallest absolute Gasteiger partial charge is 0.0636 e. The van der Waals surface area contributed by atoms with Crippen LogP contribution in [0.5, 0.6) is 0 Å². The molecule has 0 aliphatic carbocycles. The minimum atomic E-state index is 0.0159. The van der Waals surface area contributed by atoms with Gasteiger partial charge in [-0.25, -0.2) is 0 Å². The Morgan fingerprint density at radius 3 is 2.33 bits per heavy atom. The lowest BCUT2D eigenvalue weighted by Crippen LogP contribution is -2.20. The van der Waals surface area contributed by atoms with E-state index < -0.39 is 0 Å². The second-order valence-electron chi connectivity index (χ2n) is 3.97. The molecule has 2 nitrogen and oxygen atoms in total. The second-order valence-corrected chi connectivity index (χ2v) is 4.79. The van der Waals surface area contributed by atoms with Crippen molar-refractivity contribution in [2.24, 2.45) is 5.73 Å². The fourth-order valence-corrected chi connectivity index (χ4v) is 2.05. The van der Waals surface area contributed by atoms with Gasteiger partial charge in [-0.15, -0.1) is 0 Å². The molecule has 0 bridgehead atoms. The first kappa shape index (κ1) is 13.2. The highest BCUT2D eigenvalue weighted by molar-refractivity contribution is 6.42. The predicted molar refractivity (Wildman–Crippen MR) is 78.3 cm³/mol. The number of anilines is 1. The maximum atomic E-state index is 6.02. The number of hydrogen-bond donors (Lipinski definition) is 2. The summed E-state index contributed by atoms with van der Waals surface area (Å²) >= 11 is 11.9. The highest BCUT2D eigenvalue weighted by atomic mass is 35.5. The van der Waals surface area contributed by atoms with Crippen LogP contribution in [0, 0.1) is 0 Å². The zero-order valence-corrected chi connectivity index (χ0v) is 11.2. The maximum absolute atomic E-state index is 6.02. The number of nitrogens with two attached hydrogens (primary N) is 1. The van der Waals surface area contributed by atoms with Gasteiger partial charge in [-0.05, 0) is 29.8 Å². The molecule has 0 aromatic heterocycles. The van der Waals surface area contributed by atoms with E-state index in [4.69, 9.17) is 28.9 Å². The van der Waals surface area contributed by atoms with Crippen molar-refractivity contribution in [1.82, 2.24) is 0 Å². The van der Waals surface area contributed by atoms with Gasteiger partial charge in [-0.2, -0.15) is 0 Å². The van der Waals surface area contributed by atoms with Gasteiger partial charge in [-0.3, -0.25) is 0 Å². The molecule has 0 heterocycles. The van der Waals surface area contributed by atoms with E-state index in [2.05, 4.69) is 5.32 Å². The summed E-state index contributed by atoms with van der Waals surface area (Å²) in [6.07, 6.45) is 0. The van der Waals surface area contributed by atoms with E-state index in [-0.39, 0.29) is 6.04 Å². The van der Waals surface area contributed by atoms with E-state index in [0.717, 1.165) is 11.3 Å². The highest BCUT2D eigenvalue weighted by Crippen LogP contribution is 2.27. The van der Waals surface area contributed by atoms with Crippen LogP contribution in [0.2, 0.25) is 10.0 Å². The fourth-order valence-electron chi connectivity index (χ4n) is 1.74. The average molecular weight is 281 g/mol. The van der Waals surface area contributed by atoms with Crippen LogP contribution in [0.1, 0.15) is 11.6 Å². The fraction of sp³-hybridized carbons (Fsp3) is 0.143. The molecule has 2 aromatic carbocycles. The summed E-state index contributed by atoms with van der Waals surface area (Å²) in [6.45, 7) is 0.479. The maximum Gasteiger partial charge on any atom is 0.0636 e. The Labute approximate surface area is 117 Å². The number of halogens is 2. The lowest BCUT2D eigenvalue weighted by Gasteiger charge is -2.19. The van der Waals surface area contributed by atoms with Crippen molar-refractivity contribution >= 4 is 28.9 Å². The Kier molecular flexibility index (Phi) is 4.48. The van der Waals surface area contributed by atoms with E-state index >= 15 is 0 Å². The molecular formula is C14H14Cl2N2. The monoisotopic (exact) mass is 280 g/mol. The number of para-hydroxylation sites is 1. The van der Waals surface area contributed by atoms with Crippen molar-refractivity contribution in [3.63, 3.8) is 0 Å². The Morgan fingerprint density at radius 2 is 1.72 bits per heavy atom. The summed E-state index contributed by atoms with van der Waals surface area (Å²) in [5.41, 5.74) is 7.85. The van der Waals surface area contributed by atoms with Gasteiger partial charge in [0.1, 0.15) is 0 Å². The summed E-state index contributed by atoms with van der Waals surface area (Å²) < 4.78 is 0. The lowest BCUT2D eigenvalue weighted by molar-refractivity contribution is 0.790. The van der Waals surface area contributed by atoms with Gasteiger partial charge in [0.2, 0.25) is 0 Å². The second kappa shape index (κ2) is 6.10. The van der Waals surface area contributed by atoms with Crippen LogP contribution >= 0.6 is 23.2 Å². The molecule has 3 N–H and O–H groups in total. The molecular weight excluding hydrogens is 267 g/mol. The third kappa shape index (κ3) is 3.16. The lowest BCUT2D eigenvalue weighted by atomic mass is 10.1. The minimum Gasteiger partial charge on any atom is -0.377 e. The Balaban J connectivity index is 2.20. The van der Waals surface area contributed by atoms with E-state index in [9.17, 15) is 0 Å². The van der Waals surface area contributed by atoms with Gasteiger partial charge in [-0.1, -0.05) is 47.5 Å². The van der Waals surface area contributed by atoms with Crippen LogP contribution in [0.25, 0.3) is 0 Å². The van der Waals surface area contributed by atoms with E-state index in [1.807, 2.05) is 42.5 Å². The number of nitrogens with one attached hydrogen (secondary N) is 1. The largest absolute Gasteiger partial charge is 0.377 e. The van der Waals surface area contributed by atoms with Crippen molar-refractivity contribution < 1.29 is 0 Å². The molecule has 4 heteroatoms. The normalized spacial score (nSPS) is 12.2. The zero-order valence-electron chi connectivity index (χ0n) is 9.74. The van der Waals surface area contributed by atoms with E-state index in [0.29, 0.717) is 16.6 Å². The molecule has 1 atom stereocenters. The minimum absolute atomic E-state index is 0.0159. The Morgan fingerprint density at radius 1 is 1.00 bits per heavy atom. The molecule has 0 aliphatic rings. The van der Waals surface area contributed by atoms with Gasteiger partial charge in [0.05, 0.1) is 16.1 Å². The summed E-state index contributed by atoms with van der Waals surface area (Å²) in [4.78, 5) is 0. The molecule has 0 spiro atoms. The first-order valence-electron chi connectivity index (χ1n) is 5.67. The van der Waals surface area contributed by atoms with Crippen molar-refractivity contribution in [3.8, 4) is 0 Å². The molecule has 18 heavy (non-hydrogen) atoms. The van der Waals surface area contributed by atoms with Gasteiger partial charge in [0.15, 0.2) is 0 Å². The molecule has 2 rings (SSSR count). The van der Waals surface area contributed by atoms with Crippen LogP contribution < -0.4 is 11.1 Å². The van der Waals surface area contributed by atoms with Crippen molar-refractivity contribution in [1.29, 1.82) is 0 Å². The van der Waals surface area contributed by atoms with Crippen molar-refractivity contribution in [2.45, 2.75) is 6.04 Å². The van der Waals surface area contributed by atoms with Crippen LogP contribution in [0.15, 0.2) is 48.5 Å². The Bertz CT molecular complexity index is 514. The molecule has 2 aromatic rings. The quantitative estimate of drug-likeness (QED) is 0.885. The van der Waals surface area contributed by atoms with Crippen LogP contribution in [0.4, 0.5) is 5.69 Å². The molecule has 0 fully saturated rings. The standard InChI is InChI=1S/C14H14Cl2N2/c15-12-7-6-10(8-13(12)16)14(9-17)18-11-4-2-1-3-5-11/h1-8,14,18H,9,17H2. The highest BCUT2D eigenvalue weighted by Gasteiger charge is 2.10. The SMILES string of the molecule is NCC(Nc1ccccc1)c1ccc(Cl)c(Cl)c1. The van der Waals surface area contributed by atoms with Gasteiger partial charge in [0.25, 0.3) is 0 Å². The summed E-state index contributed by atoms with van der Waals surface area (Å²) in [5.74, 6) is 0. The molecule has 94 valence electrons. The molecule has 0 aliphatic heterocycles.